The fourth-order valence-electron chi connectivity index (χ4n) is 1.01. The summed E-state index contributed by atoms with van der Waals surface area (Å²) in [5.74, 6) is 0.440. The predicted molar refractivity (Wildman–Crippen MR) is 48.2 cm³/mol. The van der Waals surface area contributed by atoms with E-state index in [0.29, 0.717) is 5.92 Å². The molecule has 0 aromatic carbocycles. The van der Waals surface area contributed by atoms with E-state index in [2.05, 4.69) is 20.8 Å². The van der Waals surface area contributed by atoms with E-state index in [1.807, 2.05) is 6.92 Å². The molecule has 0 saturated carbocycles. The lowest BCUT2D eigenvalue weighted by Crippen LogP contribution is -2.37. The summed E-state index contributed by atoms with van der Waals surface area (Å²) < 4.78 is 5.22. The van der Waals surface area contributed by atoms with Gasteiger partial charge in [0.15, 0.2) is 0 Å². The van der Waals surface area contributed by atoms with E-state index in [4.69, 9.17) is 10.1 Å². The average molecular weight is 157 g/mol. The normalized spacial score (nSPS) is 19.5. The van der Waals surface area contributed by atoms with E-state index in [0.717, 1.165) is 0 Å². The number of rotatable bonds is 4. The van der Waals surface area contributed by atoms with Crippen molar-refractivity contribution in [2.24, 2.45) is 11.3 Å². The quantitative estimate of drug-likeness (QED) is 0.624. The lowest BCUT2D eigenvalue weighted by molar-refractivity contribution is 0.0267. The molecule has 2 nitrogen and oxygen atoms in total. The van der Waals surface area contributed by atoms with E-state index >= 15 is 0 Å². The highest BCUT2D eigenvalue weighted by Crippen LogP contribution is 2.29. The Morgan fingerprint density at radius 2 is 1.82 bits per heavy atom. The molecular formula is C9H19NO. The highest BCUT2D eigenvalue weighted by molar-refractivity contribution is 5.63. The number of ether oxygens (including phenoxy) is 1. The summed E-state index contributed by atoms with van der Waals surface area (Å²) in [5, 5.41) is 7.32. The molecule has 66 valence electrons. The summed E-state index contributed by atoms with van der Waals surface area (Å²) >= 11 is 0. The maximum absolute atomic E-state index is 7.32. The smallest absolute Gasteiger partial charge is 0.0648 e. The second kappa shape index (κ2) is 3.86. The minimum absolute atomic E-state index is 0.111. The van der Waals surface area contributed by atoms with Crippen molar-refractivity contribution < 1.29 is 4.74 Å². The molecule has 0 amide bonds. The Balaban J connectivity index is 4.44. The Hall–Kier alpha value is -0.370. The fourth-order valence-corrected chi connectivity index (χ4v) is 1.01. The molecule has 0 bridgehead atoms. The number of hydrogen-bond acceptors (Lipinski definition) is 2. The Morgan fingerprint density at radius 1 is 1.36 bits per heavy atom. The van der Waals surface area contributed by atoms with Crippen molar-refractivity contribution in [2.45, 2.75) is 33.8 Å². The molecule has 0 spiro atoms. The molecule has 0 aliphatic carbocycles. The molecule has 0 radical (unpaired) electrons. The first-order chi connectivity index (χ1) is 4.99. The van der Waals surface area contributed by atoms with Gasteiger partial charge in [-0.05, 0) is 12.8 Å². The molecule has 0 saturated heterocycles. The molecule has 2 heteroatoms. The zero-order valence-corrected chi connectivity index (χ0v) is 8.14. The first-order valence-electron chi connectivity index (χ1n) is 4.03. The van der Waals surface area contributed by atoms with Gasteiger partial charge in [-0.3, -0.25) is 0 Å². The molecule has 0 aromatic rings. The van der Waals surface area contributed by atoms with Crippen LogP contribution < -0.4 is 0 Å². The van der Waals surface area contributed by atoms with Crippen LogP contribution in [-0.2, 0) is 4.74 Å². The summed E-state index contributed by atoms with van der Waals surface area (Å²) in [4.78, 5) is 0. The molecule has 0 heterocycles. The number of hydrogen-bond donors (Lipinski definition) is 1. The molecule has 2 atom stereocenters. The summed E-state index contributed by atoms with van der Waals surface area (Å²) in [6.45, 7) is 8.28. The molecule has 1 N–H and O–H groups in total. The monoisotopic (exact) mass is 157 g/mol. The maximum Gasteiger partial charge on any atom is 0.0648 e. The largest absolute Gasteiger partial charge is 0.381 e. The lowest BCUT2D eigenvalue weighted by Gasteiger charge is -2.34. The Kier molecular flexibility index (Phi) is 3.73. The van der Waals surface area contributed by atoms with Crippen LogP contribution in [0.5, 0.6) is 0 Å². The lowest BCUT2D eigenvalue weighted by atomic mass is 9.76. The summed E-state index contributed by atoms with van der Waals surface area (Å²) in [7, 11) is 1.69. The van der Waals surface area contributed by atoms with Crippen LogP contribution in [0.1, 0.15) is 27.7 Å². The summed E-state index contributed by atoms with van der Waals surface area (Å²) in [5.41, 5.74) is -0.130. The van der Waals surface area contributed by atoms with Crippen LogP contribution in [0.3, 0.4) is 0 Å². The zero-order valence-electron chi connectivity index (χ0n) is 8.14. The van der Waals surface area contributed by atoms with Crippen LogP contribution in [0, 0.1) is 16.7 Å². The number of nitrogens with one attached hydrogen (secondary N) is 1. The van der Waals surface area contributed by atoms with Crippen molar-refractivity contribution in [3.05, 3.63) is 0 Å². The van der Waals surface area contributed by atoms with E-state index in [9.17, 15) is 0 Å². The van der Waals surface area contributed by atoms with Crippen LogP contribution >= 0.6 is 0 Å². The third-order valence-electron chi connectivity index (χ3n) is 2.78. The van der Waals surface area contributed by atoms with Crippen LogP contribution in [-0.4, -0.2) is 19.4 Å². The molecule has 0 rings (SSSR count). The third kappa shape index (κ3) is 2.03. The van der Waals surface area contributed by atoms with Gasteiger partial charge in [-0.15, -0.1) is 0 Å². The molecule has 11 heavy (non-hydrogen) atoms. The van der Waals surface area contributed by atoms with Gasteiger partial charge in [0.25, 0.3) is 0 Å². The van der Waals surface area contributed by atoms with Crippen molar-refractivity contribution in [3.8, 4) is 0 Å². The second-order valence-electron chi connectivity index (χ2n) is 3.54. The maximum atomic E-state index is 7.32. The molecule has 0 aliphatic heterocycles. The van der Waals surface area contributed by atoms with Gasteiger partial charge < -0.3 is 10.1 Å². The standard InChI is InChI=1S/C9H19NO/c1-7(2)9(4,6-10)8(3)11-5/h6-8,10H,1-5H3/t8-,9?/m1/s1. The molecule has 0 aromatic heterocycles. The van der Waals surface area contributed by atoms with Crippen molar-refractivity contribution in [1.82, 2.24) is 0 Å². The van der Waals surface area contributed by atoms with Crippen LogP contribution in [0.15, 0.2) is 0 Å². The molecule has 0 aliphatic rings. The first-order valence-corrected chi connectivity index (χ1v) is 4.03. The van der Waals surface area contributed by atoms with Crippen LogP contribution in [0.2, 0.25) is 0 Å². The average Bonchev–Trinajstić information content (AvgIpc) is 2.01. The van der Waals surface area contributed by atoms with Crippen LogP contribution in [0.4, 0.5) is 0 Å². The Morgan fingerprint density at radius 3 is 1.91 bits per heavy atom. The Bertz CT molecular complexity index is 134. The van der Waals surface area contributed by atoms with E-state index in [1.165, 1.54) is 6.21 Å². The van der Waals surface area contributed by atoms with E-state index in [1.54, 1.807) is 7.11 Å². The van der Waals surface area contributed by atoms with Gasteiger partial charge in [0.05, 0.1) is 6.10 Å². The van der Waals surface area contributed by atoms with Crippen molar-refractivity contribution in [2.75, 3.05) is 7.11 Å². The second-order valence-corrected chi connectivity index (χ2v) is 3.54. The molecule has 1 unspecified atom stereocenters. The van der Waals surface area contributed by atoms with Crippen molar-refractivity contribution >= 4 is 6.21 Å². The summed E-state index contributed by atoms with van der Waals surface area (Å²) in [6.07, 6.45) is 1.60. The van der Waals surface area contributed by atoms with Gasteiger partial charge in [-0.2, -0.15) is 0 Å². The SMILES string of the molecule is CO[C@H](C)C(C)(C=N)C(C)C. The minimum Gasteiger partial charge on any atom is -0.381 e. The first kappa shape index (κ1) is 10.6. The zero-order chi connectivity index (χ0) is 9.07. The van der Waals surface area contributed by atoms with E-state index < -0.39 is 0 Å². The Labute approximate surface area is 69.5 Å². The topological polar surface area (TPSA) is 33.1 Å². The van der Waals surface area contributed by atoms with Gasteiger partial charge in [0.2, 0.25) is 0 Å². The van der Waals surface area contributed by atoms with Gasteiger partial charge >= 0.3 is 0 Å². The number of methoxy groups -OCH3 is 1. The third-order valence-corrected chi connectivity index (χ3v) is 2.78. The fraction of sp³-hybridized carbons (Fsp3) is 0.889. The predicted octanol–water partition coefficient (Wildman–Crippen LogP) is 2.33. The van der Waals surface area contributed by atoms with Gasteiger partial charge in [0, 0.05) is 18.7 Å². The minimum atomic E-state index is -0.130. The van der Waals surface area contributed by atoms with Crippen molar-refractivity contribution in [3.63, 3.8) is 0 Å². The molecular weight excluding hydrogens is 138 g/mol. The van der Waals surface area contributed by atoms with Crippen molar-refractivity contribution in [1.29, 1.82) is 5.41 Å². The van der Waals surface area contributed by atoms with Crippen LogP contribution in [0.25, 0.3) is 0 Å². The highest BCUT2D eigenvalue weighted by Gasteiger charge is 2.32. The van der Waals surface area contributed by atoms with Gasteiger partial charge in [0.1, 0.15) is 0 Å². The van der Waals surface area contributed by atoms with E-state index in [-0.39, 0.29) is 11.5 Å². The summed E-state index contributed by atoms with van der Waals surface area (Å²) in [6, 6.07) is 0. The van der Waals surface area contributed by atoms with Gasteiger partial charge in [-0.1, -0.05) is 20.8 Å². The van der Waals surface area contributed by atoms with Gasteiger partial charge in [-0.25, -0.2) is 0 Å². The highest BCUT2D eigenvalue weighted by atomic mass is 16.5. The molecule has 0 fully saturated rings.